The number of carbonyl (C=O) groups is 2. The van der Waals surface area contributed by atoms with Crippen molar-refractivity contribution in [3.8, 4) is 0 Å². The van der Waals surface area contributed by atoms with E-state index in [0.29, 0.717) is 25.2 Å². The molecule has 1 aromatic carbocycles. The van der Waals surface area contributed by atoms with Gasteiger partial charge < -0.3 is 35.4 Å². The molecule has 1 saturated carbocycles. The van der Waals surface area contributed by atoms with Crippen molar-refractivity contribution in [2.75, 3.05) is 46.9 Å². The van der Waals surface area contributed by atoms with Gasteiger partial charge in [-0.1, -0.05) is 31.4 Å². The molecule has 1 saturated heterocycles. The smallest absolute Gasteiger partial charge is 0.406 e. The first-order valence-corrected chi connectivity index (χ1v) is 13.5. The van der Waals surface area contributed by atoms with Crippen LogP contribution < -0.4 is 16.0 Å². The number of nitrogens with one attached hydrogen (secondary N) is 3. The fourth-order valence-corrected chi connectivity index (χ4v) is 5.57. The van der Waals surface area contributed by atoms with Crippen LogP contribution in [0, 0.1) is 17.7 Å². The molecule has 2 fully saturated rings. The van der Waals surface area contributed by atoms with Crippen LogP contribution in [-0.4, -0.2) is 81.2 Å². The molecule has 1 heterocycles. The lowest BCUT2D eigenvalue weighted by Gasteiger charge is -2.39. The predicted octanol–water partition coefficient (Wildman–Crippen LogP) is 3.19. The summed E-state index contributed by atoms with van der Waals surface area (Å²) >= 11 is 0. The van der Waals surface area contributed by atoms with Gasteiger partial charge in [0, 0.05) is 32.1 Å². The number of likely N-dealkylation sites (N-methyl/N-ethyl adjacent to an activating group) is 1. The van der Waals surface area contributed by atoms with Gasteiger partial charge in [-0.05, 0) is 56.3 Å². The first-order chi connectivity index (χ1) is 17.9. The SMILES string of the molecule is CNCC(NC(=O)N1CCCC(C(OCCNC(=O)OC)c2cccc(F)c2)C1)C(O)C1CCCCC1. The van der Waals surface area contributed by atoms with Crippen LogP contribution in [0.5, 0.6) is 0 Å². The third-order valence-electron chi connectivity index (χ3n) is 7.48. The number of carbonyl (C=O) groups excluding carboxylic acids is 2. The lowest BCUT2D eigenvalue weighted by atomic mass is 9.82. The molecule has 0 spiro atoms. The van der Waals surface area contributed by atoms with Crippen LogP contribution in [-0.2, 0) is 9.47 Å². The van der Waals surface area contributed by atoms with Crippen LogP contribution in [0.15, 0.2) is 24.3 Å². The Kier molecular flexibility index (Phi) is 11.9. The average molecular weight is 523 g/mol. The van der Waals surface area contributed by atoms with Gasteiger partial charge in [0.25, 0.3) is 0 Å². The number of likely N-dealkylation sites (tertiary alicyclic amines) is 1. The van der Waals surface area contributed by atoms with Crippen LogP contribution in [0.4, 0.5) is 14.0 Å². The molecule has 0 aromatic heterocycles. The zero-order valence-corrected chi connectivity index (χ0v) is 22.1. The Morgan fingerprint density at radius 3 is 2.62 bits per heavy atom. The lowest BCUT2D eigenvalue weighted by molar-refractivity contribution is -0.00954. The molecule has 0 radical (unpaired) electrons. The average Bonchev–Trinajstić information content (AvgIpc) is 2.92. The molecule has 4 N–H and O–H groups in total. The van der Waals surface area contributed by atoms with E-state index in [9.17, 15) is 19.1 Å². The summed E-state index contributed by atoms with van der Waals surface area (Å²) in [5.41, 5.74) is 0.700. The Hall–Kier alpha value is -2.43. The summed E-state index contributed by atoms with van der Waals surface area (Å²) in [5.74, 6) is -0.202. The van der Waals surface area contributed by atoms with Crippen molar-refractivity contribution in [3.63, 3.8) is 0 Å². The van der Waals surface area contributed by atoms with E-state index in [2.05, 4.69) is 20.7 Å². The third-order valence-corrected chi connectivity index (χ3v) is 7.48. The summed E-state index contributed by atoms with van der Waals surface area (Å²) in [6.07, 6.45) is 5.44. The molecule has 0 bridgehead atoms. The van der Waals surface area contributed by atoms with Crippen molar-refractivity contribution >= 4 is 12.1 Å². The minimum Gasteiger partial charge on any atom is -0.453 e. The van der Waals surface area contributed by atoms with Crippen molar-refractivity contribution in [3.05, 3.63) is 35.6 Å². The number of halogens is 1. The molecule has 3 amide bonds. The van der Waals surface area contributed by atoms with Crippen LogP contribution in [0.25, 0.3) is 0 Å². The highest BCUT2D eigenvalue weighted by atomic mass is 19.1. The minimum atomic E-state index is -0.594. The summed E-state index contributed by atoms with van der Waals surface area (Å²) in [5, 5.41) is 19.8. The number of hydrogen-bond acceptors (Lipinski definition) is 6. The number of benzene rings is 1. The number of rotatable bonds is 11. The number of aliphatic hydroxyl groups excluding tert-OH is 1. The Morgan fingerprint density at radius 2 is 1.92 bits per heavy atom. The molecule has 37 heavy (non-hydrogen) atoms. The summed E-state index contributed by atoms with van der Waals surface area (Å²) in [6, 6.07) is 5.74. The number of alkyl carbamates (subject to hydrolysis) is 1. The second-order valence-corrected chi connectivity index (χ2v) is 10.1. The molecule has 10 heteroatoms. The number of nitrogens with zero attached hydrogens (tertiary/aromatic N) is 1. The zero-order chi connectivity index (χ0) is 26.6. The maximum atomic E-state index is 14.1. The minimum absolute atomic E-state index is 0.0505. The van der Waals surface area contributed by atoms with Gasteiger partial charge in [-0.15, -0.1) is 0 Å². The van der Waals surface area contributed by atoms with Gasteiger partial charge in [0.2, 0.25) is 0 Å². The first-order valence-electron chi connectivity index (χ1n) is 13.5. The summed E-state index contributed by atoms with van der Waals surface area (Å²) < 4.78 is 24.8. The van der Waals surface area contributed by atoms with E-state index in [-0.39, 0.29) is 42.9 Å². The van der Waals surface area contributed by atoms with Crippen LogP contribution in [0.2, 0.25) is 0 Å². The van der Waals surface area contributed by atoms with Crippen LogP contribution in [0.3, 0.4) is 0 Å². The number of ether oxygens (including phenoxy) is 2. The number of piperidine rings is 1. The van der Waals surface area contributed by atoms with E-state index in [1.807, 2.05) is 13.1 Å². The highest BCUT2D eigenvalue weighted by molar-refractivity contribution is 5.74. The fourth-order valence-electron chi connectivity index (χ4n) is 5.57. The molecule has 4 unspecified atom stereocenters. The van der Waals surface area contributed by atoms with Gasteiger partial charge in [-0.25, -0.2) is 14.0 Å². The second kappa shape index (κ2) is 15.1. The topological polar surface area (TPSA) is 112 Å². The molecule has 2 aliphatic rings. The van der Waals surface area contributed by atoms with E-state index in [0.717, 1.165) is 38.5 Å². The maximum Gasteiger partial charge on any atom is 0.406 e. The van der Waals surface area contributed by atoms with E-state index in [1.54, 1.807) is 11.0 Å². The number of aliphatic hydroxyl groups is 1. The molecule has 3 rings (SSSR count). The Bertz CT molecular complexity index is 854. The zero-order valence-electron chi connectivity index (χ0n) is 22.1. The standard InChI is InChI=1S/C27H43FN4O5/c1-29-17-23(24(33)19-8-4-3-5-9-19)31-26(34)32-14-7-11-21(18-32)25(20-10-6-12-22(28)16-20)37-15-13-30-27(35)36-2/h6,10,12,16,19,21,23-25,29,33H,3-5,7-9,11,13-15,17-18H2,1-2H3,(H,30,35)(H,31,34). The van der Waals surface area contributed by atoms with Gasteiger partial charge in [-0.2, -0.15) is 0 Å². The van der Waals surface area contributed by atoms with Gasteiger partial charge in [-0.3, -0.25) is 0 Å². The quantitative estimate of drug-likeness (QED) is 0.332. The van der Waals surface area contributed by atoms with E-state index >= 15 is 0 Å². The molecule has 1 aromatic rings. The molecular weight excluding hydrogens is 479 g/mol. The number of urea groups is 1. The second-order valence-electron chi connectivity index (χ2n) is 10.1. The number of amides is 3. The monoisotopic (exact) mass is 522 g/mol. The summed E-state index contributed by atoms with van der Waals surface area (Å²) in [4.78, 5) is 26.4. The molecule has 4 atom stereocenters. The van der Waals surface area contributed by atoms with Crippen molar-refractivity contribution < 1.29 is 28.6 Å². The lowest BCUT2D eigenvalue weighted by Crippen LogP contribution is -2.56. The first kappa shape index (κ1) is 29.1. The summed E-state index contributed by atoms with van der Waals surface area (Å²) in [7, 11) is 3.11. The maximum absolute atomic E-state index is 14.1. The number of methoxy groups -OCH3 is 1. The van der Waals surface area contributed by atoms with Crippen molar-refractivity contribution in [2.24, 2.45) is 11.8 Å². The fraction of sp³-hybridized carbons (Fsp3) is 0.704. The van der Waals surface area contributed by atoms with Crippen molar-refractivity contribution in [1.29, 1.82) is 0 Å². The predicted molar refractivity (Wildman–Crippen MR) is 139 cm³/mol. The molecule has 1 aliphatic carbocycles. The Morgan fingerprint density at radius 1 is 1.16 bits per heavy atom. The normalized spacial score (nSPS) is 21.1. The highest BCUT2D eigenvalue weighted by Crippen LogP contribution is 2.33. The van der Waals surface area contributed by atoms with Crippen molar-refractivity contribution in [1.82, 2.24) is 20.9 Å². The number of hydrogen-bond donors (Lipinski definition) is 4. The highest BCUT2D eigenvalue weighted by Gasteiger charge is 2.34. The molecule has 9 nitrogen and oxygen atoms in total. The van der Waals surface area contributed by atoms with Gasteiger partial charge >= 0.3 is 12.1 Å². The van der Waals surface area contributed by atoms with Crippen LogP contribution >= 0.6 is 0 Å². The van der Waals surface area contributed by atoms with E-state index in [4.69, 9.17) is 4.74 Å². The molecule has 208 valence electrons. The summed E-state index contributed by atoms with van der Waals surface area (Å²) in [6.45, 7) is 2.01. The van der Waals surface area contributed by atoms with E-state index < -0.39 is 18.3 Å². The van der Waals surface area contributed by atoms with E-state index in [1.165, 1.54) is 25.7 Å². The van der Waals surface area contributed by atoms with Gasteiger partial charge in [0.05, 0.1) is 32.0 Å². The Labute approximate surface area is 219 Å². The van der Waals surface area contributed by atoms with Gasteiger partial charge in [0.15, 0.2) is 0 Å². The van der Waals surface area contributed by atoms with Crippen LogP contribution in [0.1, 0.15) is 56.6 Å². The molecular formula is C27H43FN4O5. The third kappa shape index (κ3) is 8.83. The van der Waals surface area contributed by atoms with Crippen molar-refractivity contribution in [2.45, 2.75) is 63.2 Å². The largest absolute Gasteiger partial charge is 0.453 e. The molecule has 1 aliphatic heterocycles. The Balaban J connectivity index is 1.65. The van der Waals surface area contributed by atoms with Gasteiger partial charge in [0.1, 0.15) is 5.82 Å².